The van der Waals surface area contributed by atoms with Crippen LogP contribution in [0.25, 0.3) is 0 Å². The Morgan fingerprint density at radius 1 is 1.90 bits per heavy atom. The summed E-state index contributed by atoms with van der Waals surface area (Å²) in [4.78, 5) is 4.70. The standard InChI is InChI=1S/C6H13N3O/c1-10-9-6-4-8-3-5(6)2-7/h5,8H,2-4,7H2,1H3/p+2/b9-6+. The van der Waals surface area contributed by atoms with Crippen molar-refractivity contribution in [2.45, 2.75) is 0 Å². The lowest BCUT2D eigenvalue weighted by atomic mass is 10.1. The molecule has 1 heterocycles. The number of hydrogen-bond donors (Lipinski definition) is 2. The van der Waals surface area contributed by atoms with Gasteiger partial charge in [0.25, 0.3) is 0 Å². The minimum atomic E-state index is 0.542. The predicted octanol–water partition coefficient (Wildman–Crippen LogP) is -2.58. The van der Waals surface area contributed by atoms with Crippen molar-refractivity contribution in [3.05, 3.63) is 0 Å². The van der Waals surface area contributed by atoms with E-state index < -0.39 is 0 Å². The van der Waals surface area contributed by atoms with E-state index in [-0.39, 0.29) is 0 Å². The second-order valence-corrected chi connectivity index (χ2v) is 2.48. The number of quaternary nitrogens is 2. The summed E-state index contributed by atoms with van der Waals surface area (Å²) in [7, 11) is 1.59. The maximum atomic E-state index is 4.70. The number of oxime groups is 1. The van der Waals surface area contributed by atoms with Crippen molar-refractivity contribution >= 4 is 5.71 Å². The van der Waals surface area contributed by atoms with Crippen molar-refractivity contribution < 1.29 is 15.9 Å². The van der Waals surface area contributed by atoms with E-state index in [0.29, 0.717) is 5.92 Å². The number of hydrogen-bond acceptors (Lipinski definition) is 2. The average Bonchev–Trinajstić information content (AvgIpc) is 2.36. The Labute approximate surface area is 60.4 Å². The van der Waals surface area contributed by atoms with Gasteiger partial charge in [0.2, 0.25) is 0 Å². The maximum Gasteiger partial charge on any atom is 0.125 e. The molecule has 0 spiro atoms. The SMILES string of the molecule is CO/N=C1\C[NH2+]CC1C[NH3+]. The molecule has 0 aromatic heterocycles. The van der Waals surface area contributed by atoms with Crippen LogP contribution >= 0.6 is 0 Å². The van der Waals surface area contributed by atoms with Gasteiger partial charge in [-0.1, -0.05) is 5.16 Å². The van der Waals surface area contributed by atoms with E-state index in [1.807, 2.05) is 0 Å². The third kappa shape index (κ3) is 1.46. The Morgan fingerprint density at radius 3 is 3.30 bits per heavy atom. The summed E-state index contributed by atoms with van der Waals surface area (Å²) in [5.74, 6) is 0.542. The highest BCUT2D eigenvalue weighted by Crippen LogP contribution is 1.97. The molecule has 1 fully saturated rings. The highest BCUT2D eigenvalue weighted by molar-refractivity contribution is 5.88. The zero-order valence-corrected chi connectivity index (χ0v) is 6.34. The quantitative estimate of drug-likeness (QED) is 0.412. The lowest BCUT2D eigenvalue weighted by molar-refractivity contribution is -0.635. The zero-order chi connectivity index (χ0) is 7.40. The van der Waals surface area contributed by atoms with Gasteiger partial charge in [-0.15, -0.1) is 0 Å². The van der Waals surface area contributed by atoms with Gasteiger partial charge in [0.15, 0.2) is 0 Å². The third-order valence-electron chi connectivity index (χ3n) is 1.83. The van der Waals surface area contributed by atoms with Gasteiger partial charge in [-0.05, 0) is 0 Å². The van der Waals surface area contributed by atoms with Crippen LogP contribution in [-0.4, -0.2) is 32.5 Å². The van der Waals surface area contributed by atoms with Crippen LogP contribution in [0.15, 0.2) is 5.16 Å². The molecule has 0 aromatic rings. The van der Waals surface area contributed by atoms with E-state index in [4.69, 9.17) is 4.84 Å². The van der Waals surface area contributed by atoms with Gasteiger partial charge >= 0.3 is 0 Å². The number of rotatable bonds is 2. The normalized spacial score (nSPS) is 29.4. The second kappa shape index (κ2) is 3.53. The topological polar surface area (TPSA) is 65.8 Å². The van der Waals surface area contributed by atoms with Gasteiger partial charge in [-0.3, -0.25) is 0 Å². The van der Waals surface area contributed by atoms with Gasteiger partial charge in [0, 0.05) is 0 Å². The number of nitrogens with two attached hydrogens (primary N) is 1. The molecular formula is C6H15N3O+2. The molecule has 0 amide bonds. The molecule has 1 atom stereocenters. The van der Waals surface area contributed by atoms with Crippen LogP contribution in [0.4, 0.5) is 0 Å². The molecule has 1 unspecified atom stereocenters. The first-order valence-electron chi connectivity index (χ1n) is 3.59. The summed E-state index contributed by atoms with van der Waals surface area (Å²) in [5, 5.41) is 6.15. The Kier molecular flexibility index (Phi) is 2.65. The molecule has 1 saturated heterocycles. The van der Waals surface area contributed by atoms with Crippen LogP contribution in [0.1, 0.15) is 0 Å². The summed E-state index contributed by atoms with van der Waals surface area (Å²) in [6.45, 7) is 3.03. The second-order valence-electron chi connectivity index (χ2n) is 2.48. The lowest BCUT2D eigenvalue weighted by Gasteiger charge is -1.98. The van der Waals surface area contributed by atoms with Crippen molar-refractivity contribution in [3.63, 3.8) is 0 Å². The summed E-state index contributed by atoms with van der Waals surface area (Å²) in [6.07, 6.45) is 0. The van der Waals surface area contributed by atoms with E-state index in [1.54, 1.807) is 7.11 Å². The zero-order valence-electron chi connectivity index (χ0n) is 6.34. The molecule has 4 nitrogen and oxygen atoms in total. The maximum absolute atomic E-state index is 4.70. The van der Waals surface area contributed by atoms with Crippen LogP contribution in [0.5, 0.6) is 0 Å². The molecule has 58 valence electrons. The molecule has 0 aromatic carbocycles. The first-order chi connectivity index (χ1) is 4.88. The summed E-state index contributed by atoms with van der Waals surface area (Å²) < 4.78 is 0. The van der Waals surface area contributed by atoms with Gasteiger partial charge in [0.05, 0.1) is 13.1 Å². The van der Waals surface area contributed by atoms with Crippen LogP contribution < -0.4 is 11.1 Å². The summed E-state index contributed by atoms with van der Waals surface area (Å²) >= 11 is 0. The fraction of sp³-hybridized carbons (Fsp3) is 0.833. The Morgan fingerprint density at radius 2 is 2.70 bits per heavy atom. The molecule has 0 aliphatic carbocycles. The van der Waals surface area contributed by atoms with E-state index >= 15 is 0 Å². The van der Waals surface area contributed by atoms with Crippen LogP contribution in [0.2, 0.25) is 0 Å². The van der Waals surface area contributed by atoms with E-state index in [1.165, 1.54) is 0 Å². The van der Waals surface area contributed by atoms with Gasteiger partial charge < -0.3 is 15.9 Å². The van der Waals surface area contributed by atoms with Gasteiger partial charge in [-0.2, -0.15) is 0 Å². The van der Waals surface area contributed by atoms with E-state index in [9.17, 15) is 0 Å². The monoisotopic (exact) mass is 145 g/mol. The summed E-state index contributed by atoms with van der Waals surface area (Å²) in [6, 6.07) is 0. The average molecular weight is 145 g/mol. The van der Waals surface area contributed by atoms with Gasteiger partial charge in [0.1, 0.15) is 25.3 Å². The minimum absolute atomic E-state index is 0.542. The molecule has 1 aliphatic heterocycles. The smallest absolute Gasteiger partial charge is 0.125 e. The Balaban J connectivity index is 2.49. The first-order valence-corrected chi connectivity index (χ1v) is 3.59. The van der Waals surface area contributed by atoms with Crippen LogP contribution in [0.3, 0.4) is 0 Å². The Bertz CT molecular complexity index is 135. The van der Waals surface area contributed by atoms with Crippen molar-refractivity contribution in [1.29, 1.82) is 0 Å². The van der Waals surface area contributed by atoms with Crippen molar-refractivity contribution in [3.8, 4) is 0 Å². The van der Waals surface area contributed by atoms with E-state index in [2.05, 4.69) is 16.2 Å². The molecular weight excluding hydrogens is 130 g/mol. The minimum Gasteiger partial charge on any atom is -0.399 e. The van der Waals surface area contributed by atoms with Crippen molar-refractivity contribution in [1.82, 2.24) is 0 Å². The Hall–Kier alpha value is -0.610. The molecule has 4 heteroatoms. The molecule has 10 heavy (non-hydrogen) atoms. The highest BCUT2D eigenvalue weighted by atomic mass is 16.6. The lowest BCUT2D eigenvalue weighted by Crippen LogP contribution is -2.82. The fourth-order valence-electron chi connectivity index (χ4n) is 1.25. The molecule has 1 aliphatic rings. The largest absolute Gasteiger partial charge is 0.399 e. The van der Waals surface area contributed by atoms with Crippen LogP contribution in [0, 0.1) is 5.92 Å². The number of nitrogens with zero attached hydrogens (tertiary/aromatic N) is 1. The van der Waals surface area contributed by atoms with Crippen molar-refractivity contribution in [2.75, 3.05) is 26.7 Å². The molecule has 1 rings (SSSR count). The third-order valence-corrected chi connectivity index (χ3v) is 1.83. The highest BCUT2D eigenvalue weighted by Gasteiger charge is 2.26. The molecule has 0 saturated carbocycles. The molecule has 0 bridgehead atoms. The molecule has 0 radical (unpaired) electrons. The van der Waals surface area contributed by atoms with E-state index in [0.717, 1.165) is 25.3 Å². The van der Waals surface area contributed by atoms with Crippen molar-refractivity contribution in [2.24, 2.45) is 11.1 Å². The summed E-state index contributed by atoms with van der Waals surface area (Å²) in [5.41, 5.74) is 4.99. The molecule has 5 N–H and O–H groups in total. The van der Waals surface area contributed by atoms with Gasteiger partial charge in [-0.25, -0.2) is 0 Å². The first kappa shape index (κ1) is 7.50. The fourth-order valence-corrected chi connectivity index (χ4v) is 1.25. The predicted molar refractivity (Wildman–Crippen MR) is 37.3 cm³/mol. The van der Waals surface area contributed by atoms with Crippen LogP contribution in [-0.2, 0) is 4.84 Å².